The highest BCUT2D eigenvalue weighted by molar-refractivity contribution is 5.73. The number of aromatic hydroxyl groups is 1. The Balaban J connectivity index is 1.63. The Morgan fingerprint density at radius 1 is 1.32 bits per heavy atom. The highest BCUT2D eigenvalue weighted by atomic mass is 16.3. The van der Waals surface area contributed by atoms with Gasteiger partial charge >= 0.3 is 6.03 Å². The van der Waals surface area contributed by atoms with Crippen LogP contribution >= 0.6 is 0 Å². The summed E-state index contributed by atoms with van der Waals surface area (Å²) in [6.07, 6.45) is 3.20. The van der Waals surface area contributed by atoms with Gasteiger partial charge in [-0.2, -0.15) is 0 Å². The first kappa shape index (κ1) is 13.7. The van der Waals surface area contributed by atoms with E-state index in [1.54, 1.807) is 18.2 Å². The van der Waals surface area contributed by atoms with Crippen molar-refractivity contribution in [1.82, 2.24) is 10.6 Å². The average molecular weight is 264 g/mol. The van der Waals surface area contributed by atoms with E-state index in [0.29, 0.717) is 19.5 Å². The van der Waals surface area contributed by atoms with Gasteiger partial charge in [-0.3, -0.25) is 0 Å². The summed E-state index contributed by atoms with van der Waals surface area (Å²) in [4.78, 5) is 11.5. The summed E-state index contributed by atoms with van der Waals surface area (Å²) in [5, 5.41) is 24.5. The van der Waals surface area contributed by atoms with Gasteiger partial charge in [0.1, 0.15) is 5.75 Å². The Labute approximate surface area is 112 Å². The van der Waals surface area contributed by atoms with Crippen molar-refractivity contribution in [2.75, 3.05) is 13.1 Å². The lowest BCUT2D eigenvalue weighted by atomic mass is 9.80. The van der Waals surface area contributed by atoms with Gasteiger partial charge in [0.15, 0.2) is 0 Å². The molecule has 5 heteroatoms. The fraction of sp³-hybridized carbons (Fsp3) is 0.500. The number of phenolic OH excluding ortho intramolecular Hbond substituents is 1. The standard InChI is InChI=1S/C14H20N2O3/c17-12-4-1-3-11(9-12)5-8-15-13(18)16-10-14(19)6-2-7-14/h1,3-4,9,17,19H,2,5-8,10H2,(H2,15,16,18). The monoisotopic (exact) mass is 264 g/mol. The molecule has 1 aliphatic carbocycles. The maximum absolute atomic E-state index is 11.5. The fourth-order valence-corrected chi connectivity index (χ4v) is 2.10. The van der Waals surface area contributed by atoms with E-state index in [0.717, 1.165) is 24.8 Å². The van der Waals surface area contributed by atoms with E-state index in [1.165, 1.54) is 0 Å². The van der Waals surface area contributed by atoms with Crippen molar-refractivity contribution < 1.29 is 15.0 Å². The zero-order valence-corrected chi connectivity index (χ0v) is 10.9. The van der Waals surface area contributed by atoms with Gasteiger partial charge in [0.25, 0.3) is 0 Å². The van der Waals surface area contributed by atoms with Crippen LogP contribution in [0, 0.1) is 0 Å². The average Bonchev–Trinajstić information content (AvgIpc) is 2.34. The summed E-state index contributed by atoms with van der Waals surface area (Å²) >= 11 is 0. The molecule has 0 unspecified atom stereocenters. The summed E-state index contributed by atoms with van der Waals surface area (Å²) in [7, 11) is 0. The molecule has 2 amide bonds. The molecule has 0 saturated heterocycles. The van der Waals surface area contributed by atoms with Crippen LogP contribution in [0.4, 0.5) is 4.79 Å². The van der Waals surface area contributed by atoms with Crippen molar-refractivity contribution >= 4 is 6.03 Å². The van der Waals surface area contributed by atoms with Crippen molar-refractivity contribution in [2.24, 2.45) is 0 Å². The summed E-state index contributed by atoms with van der Waals surface area (Å²) in [5.74, 6) is 0.231. The molecule has 4 N–H and O–H groups in total. The minimum Gasteiger partial charge on any atom is -0.508 e. The third kappa shape index (κ3) is 4.13. The molecule has 0 bridgehead atoms. The quantitative estimate of drug-likeness (QED) is 0.644. The van der Waals surface area contributed by atoms with Crippen LogP contribution in [0.2, 0.25) is 0 Å². The van der Waals surface area contributed by atoms with Gasteiger partial charge < -0.3 is 20.8 Å². The van der Waals surface area contributed by atoms with Crippen molar-refractivity contribution in [3.63, 3.8) is 0 Å². The lowest BCUT2D eigenvalue weighted by molar-refractivity contribution is -0.0290. The molecule has 1 fully saturated rings. The van der Waals surface area contributed by atoms with Crippen LogP contribution < -0.4 is 10.6 Å². The molecule has 1 aromatic rings. The Kier molecular flexibility index (Phi) is 4.27. The number of hydrogen-bond donors (Lipinski definition) is 4. The molecule has 19 heavy (non-hydrogen) atoms. The largest absolute Gasteiger partial charge is 0.508 e. The third-order valence-electron chi connectivity index (χ3n) is 3.47. The van der Waals surface area contributed by atoms with E-state index in [2.05, 4.69) is 10.6 Å². The van der Waals surface area contributed by atoms with Crippen LogP contribution in [0.5, 0.6) is 5.75 Å². The summed E-state index contributed by atoms with van der Waals surface area (Å²) in [6.45, 7) is 0.804. The lowest BCUT2D eigenvalue weighted by Crippen LogP contribution is -2.50. The van der Waals surface area contributed by atoms with Crippen molar-refractivity contribution in [1.29, 1.82) is 0 Å². The first-order valence-corrected chi connectivity index (χ1v) is 6.59. The molecule has 0 radical (unpaired) electrons. The number of carbonyl (C=O) groups is 1. The smallest absolute Gasteiger partial charge is 0.314 e. The normalized spacial score (nSPS) is 16.5. The van der Waals surface area contributed by atoms with Crippen LogP contribution in [0.1, 0.15) is 24.8 Å². The maximum atomic E-state index is 11.5. The number of benzene rings is 1. The zero-order valence-electron chi connectivity index (χ0n) is 10.9. The van der Waals surface area contributed by atoms with E-state index >= 15 is 0 Å². The number of amides is 2. The third-order valence-corrected chi connectivity index (χ3v) is 3.47. The fourth-order valence-electron chi connectivity index (χ4n) is 2.10. The summed E-state index contributed by atoms with van der Waals surface area (Å²) in [5.41, 5.74) is 0.278. The number of aliphatic hydroxyl groups is 1. The van der Waals surface area contributed by atoms with Crippen LogP contribution in [0.15, 0.2) is 24.3 Å². The molecule has 1 aliphatic rings. The van der Waals surface area contributed by atoms with Gasteiger partial charge in [-0.1, -0.05) is 12.1 Å². The molecule has 1 aromatic carbocycles. The minimum atomic E-state index is -0.692. The van der Waals surface area contributed by atoms with Crippen molar-refractivity contribution in [3.8, 4) is 5.75 Å². The van der Waals surface area contributed by atoms with Gasteiger partial charge in [0.2, 0.25) is 0 Å². The molecule has 5 nitrogen and oxygen atoms in total. The molecule has 2 rings (SSSR count). The second kappa shape index (κ2) is 5.93. The van der Waals surface area contributed by atoms with E-state index in [4.69, 9.17) is 0 Å². The van der Waals surface area contributed by atoms with Gasteiger partial charge in [0.05, 0.1) is 5.60 Å². The topological polar surface area (TPSA) is 81.6 Å². The summed E-state index contributed by atoms with van der Waals surface area (Å²) in [6, 6.07) is 6.70. The van der Waals surface area contributed by atoms with Crippen LogP contribution in [-0.4, -0.2) is 34.9 Å². The first-order chi connectivity index (χ1) is 9.07. The van der Waals surface area contributed by atoms with E-state index < -0.39 is 5.60 Å². The van der Waals surface area contributed by atoms with Gasteiger partial charge in [-0.15, -0.1) is 0 Å². The molecule has 0 aromatic heterocycles. The molecule has 0 heterocycles. The zero-order chi connectivity index (χ0) is 13.7. The second-order valence-corrected chi connectivity index (χ2v) is 5.11. The molecule has 0 atom stereocenters. The highest BCUT2D eigenvalue weighted by Crippen LogP contribution is 2.30. The van der Waals surface area contributed by atoms with Crippen LogP contribution in [-0.2, 0) is 6.42 Å². The first-order valence-electron chi connectivity index (χ1n) is 6.59. The highest BCUT2D eigenvalue weighted by Gasteiger charge is 2.34. The number of hydrogen-bond acceptors (Lipinski definition) is 3. The summed E-state index contributed by atoms with van der Waals surface area (Å²) < 4.78 is 0. The van der Waals surface area contributed by atoms with E-state index in [-0.39, 0.29) is 11.8 Å². The predicted molar refractivity (Wildman–Crippen MR) is 72.0 cm³/mol. The van der Waals surface area contributed by atoms with Crippen LogP contribution in [0.25, 0.3) is 0 Å². The lowest BCUT2D eigenvalue weighted by Gasteiger charge is -2.36. The number of nitrogens with one attached hydrogen (secondary N) is 2. The molecular formula is C14H20N2O3. The van der Waals surface area contributed by atoms with Gasteiger partial charge in [-0.05, 0) is 43.4 Å². The van der Waals surface area contributed by atoms with Crippen molar-refractivity contribution in [3.05, 3.63) is 29.8 Å². The Morgan fingerprint density at radius 2 is 2.11 bits per heavy atom. The number of carbonyl (C=O) groups excluding carboxylic acids is 1. The minimum absolute atomic E-state index is 0.231. The Hall–Kier alpha value is -1.75. The van der Waals surface area contributed by atoms with Gasteiger partial charge in [0, 0.05) is 13.1 Å². The number of phenols is 1. The molecule has 0 aliphatic heterocycles. The molecular weight excluding hydrogens is 244 g/mol. The predicted octanol–water partition coefficient (Wildman–Crippen LogP) is 1.15. The maximum Gasteiger partial charge on any atom is 0.314 e. The van der Waals surface area contributed by atoms with Crippen molar-refractivity contribution in [2.45, 2.75) is 31.3 Å². The number of urea groups is 1. The van der Waals surface area contributed by atoms with E-state index in [1.807, 2.05) is 6.07 Å². The molecule has 1 saturated carbocycles. The number of rotatable bonds is 5. The van der Waals surface area contributed by atoms with Gasteiger partial charge in [-0.25, -0.2) is 4.79 Å². The second-order valence-electron chi connectivity index (χ2n) is 5.11. The SMILES string of the molecule is O=C(NCCc1cccc(O)c1)NCC1(O)CCC1. The molecule has 104 valence electrons. The molecule has 0 spiro atoms. The Morgan fingerprint density at radius 3 is 2.74 bits per heavy atom. The van der Waals surface area contributed by atoms with Crippen LogP contribution in [0.3, 0.4) is 0 Å². The Bertz CT molecular complexity index is 444. The van der Waals surface area contributed by atoms with E-state index in [9.17, 15) is 15.0 Å².